The molecule has 2 rings (SSSR count). The fraction of sp³-hybridized carbons (Fsp3) is 0.643. The molecule has 0 spiro atoms. The van der Waals surface area contributed by atoms with Gasteiger partial charge in [-0.1, -0.05) is 25.8 Å². The van der Waals surface area contributed by atoms with E-state index in [1.807, 2.05) is 12.4 Å². The minimum atomic E-state index is 0.619. The molecular formula is C14H22N2. The fourth-order valence-electron chi connectivity index (χ4n) is 2.57. The lowest BCUT2D eigenvalue weighted by atomic mass is 9.96. The molecule has 16 heavy (non-hydrogen) atoms. The van der Waals surface area contributed by atoms with E-state index < -0.39 is 0 Å². The molecule has 1 atom stereocenters. The van der Waals surface area contributed by atoms with Crippen LogP contribution in [0.3, 0.4) is 0 Å². The van der Waals surface area contributed by atoms with E-state index in [2.05, 4.69) is 28.9 Å². The van der Waals surface area contributed by atoms with Crippen molar-refractivity contribution >= 4 is 0 Å². The van der Waals surface area contributed by atoms with Crippen LogP contribution in [0.4, 0.5) is 0 Å². The van der Waals surface area contributed by atoms with Gasteiger partial charge in [-0.15, -0.1) is 0 Å². The van der Waals surface area contributed by atoms with Gasteiger partial charge < -0.3 is 0 Å². The minimum absolute atomic E-state index is 0.619. The third-order valence-corrected chi connectivity index (χ3v) is 3.48. The molecular weight excluding hydrogens is 196 g/mol. The van der Waals surface area contributed by atoms with Crippen LogP contribution in [0.25, 0.3) is 0 Å². The highest BCUT2D eigenvalue weighted by molar-refractivity contribution is 5.14. The van der Waals surface area contributed by atoms with Crippen LogP contribution in [0.2, 0.25) is 0 Å². The van der Waals surface area contributed by atoms with Crippen LogP contribution in [-0.4, -0.2) is 23.0 Å². The molecule has 2 heteroatoms. The molecule has 1 aromatic heterocycles. The minimum Gasteiger partial charge on any atom is -0.296 e. The maximum atomic E-state index is 4.25. The second-order valence-corrected chi connectivity index (χ2v) is 4.69. The molecule has 1 aliphatic rings. The molecule has 0 radical (unpaired) electrons. The van der Waals surface area contributed by atoms with Crippen LogP contribution >= 0.6 is 0 Å². The Kier molecular flexibility index (Phi) is 4.34. The smallest absolute Gasteiger partial charge is 0.0363 e. The van der Waals surface area contributed by atoms with Gasteiger partial charge in [-0.2, -0.15) is 0 Å². The van der Waals surface area contributed by atoms with Gasteiger partial charge >= 0.3 is 0 Å². The van der Waals surface area contributed by atoms with Gasteiger partial charge in [0.05, 0.1) is 0 Å². The maximum Gasteiger partial charge on any atom is 0.0363 e. The Labute approximate surface area is 98.7 Å². The summed E-state index contributed by atoms with van der Waals surface area (Å²) in [5.41, 5.74) is 1.40. The van der Waals surface area contributed by atoms with Gasteiger partial charge in [-0.05, 0) is 44.0 Å². The van der Waals surface area contributed by atoms with Crippen molar-refractivity contribution < 1.29 is 0 Å². The SMILES string of the molecule is CCCCN1CCCCC1c1cccnc1. The van der Waals surface area contributed by atoms with Gasteiger partial charge in [-0.25, -0.2) is 0 Å². The predicted molar refractivity (Wildman–Crippen MR) is 67.3 cm³/mol. The summed E-state index contributed by atoms with van der Waals surface area (Å²) in [4.78, 5) is 6.89. The molecule has 1 fully saturated rings. The van der Waals surface area contributed by atoms with Gasteiger partial charge in [0.25, 0.3) is 0 Å². The van der Waals surface area contributed by atoms with Gasteiger partial charge in [0, 0.05) is 18.4 Å². The van der Waals surface area contributed by atoms with Gasteiger partial charge in [0.1, 0.15) is 0 Å². The number of hydrogen-bond acceptors (Lipinski definition) is 2. The van der Waals surface area contributed by atoms with Crippen molar-refractivity contribution in [2.24, 2.45) is 0 Å². The van der Waals surface area contributed by atoms with Crippen molar-refractivity contribution in [3.05, 3.63) is 30.1 Å². The van der Waals surface area contributed by atoms with E-state index in [9.17, 15) is 0 Å². The molecule has 1 aromatic rings. The summed E-state index contributed by atoms with van der Waals surface area (Å²) in [5, 5.41) is 0. The number of pyridine rings is 1. The highest BCUT2D eigenvalue weighted by Gasteiger charge is 2.22. The second kappa shape index (κ2) is 6.00. The van der Waals surface area contributed by atoms with Gasteiger partial charge in [0.2, 0.25) is 0 Å². The number of nitrogens with zero attached hydrogens (tertiary/aromatic N) is 2. The normalized spacial score (nSPS) is 22.2. The van der Waals surface area contributed by atoms with Crippen molar-refractivity contribution in [2.45, 2.75) is 45.1 Å². The van der Waals surface area contributed by atoms with Crippen LogP contribution in [0.5, 0.6) is 0 Å². The number of piperidine rings is 1. The third kappa shape index (κ3) is 2.82. The zero-order valence-corrected chi connectivity index (χ0v) is 10.2. The largest absolute Gasteiger partial charge is 0.296 e. The Bertz CT molecular complexity index is 297. The van der Waals surface area contributed by atoms with E-state index in [1.54, 1.807) is 0 Å². The molecule has 88 valence electrons. The zero-order valence-electron chi connectivity index (χ0n) is 10.2. The van der Waals surface area contributed by atoms with Crippen molar-refractivity contribution in [3.8, 4) is 0 Å². The second-order valence-electron chi connectivity index (χ2n) is 4.69. The number of aromatic nitrogens is 1. The highest BCUT2D eigenvalue weighted by Crippen LogP contribution is 2.30. The molecule has 0 aromatic carbocycles. The van der Waals surface area contributed by atoms with Gasteiger partial charge in [0.15, 0.2) is 0 Å². The summed E-state index contributed by atoms with van der Waals surface area (Å²) in [6.07, 6.45) is 10.5. The highest BCUT2D eigenvalue weighted by atomic mass is 15.2. The standard InChI is InChI=1S/C14H22N2/c1-2-3-10-16-11-5-4-8-14(16)13-7-6-9-15-12-13/h6-7,9,12,14H,2-5,8,10-11H2,1H3. The number of likely N-dealkylation sites (tertiary alicyclic amines) is 1. The number of rotatable bonds is 4. The molecule has 2 heterocycles. The summed E-state index contributed by atoms with van der Waals surface area (Å²) in [7, 11) is 0. The Morgan fingerprint density at radius 3 is 3.12 bits per heavy atom. The van der Waals surface area contributed by atoms with Crippen LogP contribution in [0.1, 0.15) is 50.6 Å². The van der Waals surface area contributed by atoms with Crippen LogP contribution in [0, 0.1) is 0 Å². The molecule has 1 aliphatic heterocycles. The van der Waals surface area contributed by atoms with Crippen molar-refractivity contribution in [1.29, 1.82) is 0 Å². The fourth-order valence-corrected chi connectivity index (χ4v) is 2.57. The van der Waals surface area contributed by atoms with Gasteiger partial charge in [-0.3, -0.25) is 9.88 Å². The van der Waals surface area contributed by atoms with E-state index in [1.165, 1.54) is 50.8 Å². The molecule has 2 nitrogen and oxygen atoms in total. The summed E-state index contributed by atoms with van der Waals surface area (Å²) >= 11 is 0. The third-order valence-electron chi connectivity index (χ3n) is 3.48. The summed E-state index contributed by atoms with van der Waals surface area (Å²) in [5.74, 6) is 0. The topological polar surface area (TPSA) is 16.1 Å². The van der Waals surface area contributed by atoms with Crippen molar-refractivity contribution in [2.75, 3.05) is 13.1 Å². The lowest BCUT2D eigenvalue weighted by Crippen LogP contribution is -2.34. The van der Waals surface area contributed by atoms with Crippen molar-refractivity contribution in [1.82, 2.24) is 9.88 Å². The molecule has 1 saturated heterocycles. The Morgan fingerprint density at radius 1 is 1.44 bits per heavy atom. The first-order chi connectivity index (χ1) is 7.92. The molecule has 0 bridgehead atoms. The summed E-state index contributed by atoms with van der Waals surface area (Å²) in [6.45, 7) is 4.78. The average molecular weight is 218 g/mol. The monoisotopic (exact) mass is 218 g/mol. The first-order valence-electron chi connectivity index (χ1n) is 6.56. The Balaban J connectivity index is 2.04. The molecule has 0 amide bonds. The van der Waals surface area contributed by atoms with E-state index in [4.69, 9.17) is 0 Å². The Morgan fingerprint density at radius 2 is 2.38 bits per heavy atom. The maximum absolute atomic E-state index is 4.25. The van der Waals surface area contributed by atoms with Crippen LogP contribution in [-0.2, 0) is 0 Å². The van der Waals surface area contributed by atoms with E-state index in [-0.39, 0.29) is 0 Å². The predicted octanol–water partition coefficient (Wildman–Crippen LogP) is 3.41. The molecule has 0 saturated carbocycles. The lowest BCUT2D eigenvalue weighted by molar-refractivity contribution is 0.146. The first-order valence-corrected chi connectivity index (χ1v) is 6.56. The van der Waals surface area contributed by atoms with E-state index in [0.29, 0.717) is 6.04 Å². The van der Waals surface area contributed by atoms with E-state index >= 15 is 0 Å². The Hall–Kier alpha value is -0.890. The quantitative estimate of drug-likeness (QED) is 0.770. The molecule has 1 unspecified atom stereocenters. The molecule has 0 N–H and O–H groups in total. The summed E-state index contributed by atoms with van der Waals surface area (Å²) in [6, 6.07) is 4.90. The number of hydrogen-bond donors (Lipinski definition) is 0. The van der Waals surface area contributed by atoms with E-state index in [0.717, 1.165) is 0 Å². The number of unbranched alkanes of at least 4 members (excludes halogenated alkanes) is 1. The lowest BCUT2D eigenvalue weighted by Gasteiger charge is -2.35. The van der Waals surface area contributed by atoms with Crippen molar-refractivity contribution in [3.63, 3.8) is 0 Å². The van der Waals surface area contributed by atoms with Crippen LogP contribution < -0.4 is 0 Å². The summed E-state index contributed by atoms with van der Waals surface area (Å²) < 4.78 is 0. The zero-order chi connectivity index (χ0) is 11.2. The molecule has 0 aliphatic carbocycles. The first kappa shape index (κ1) is 11.6. The average Bonchev–Trinajstić information content (AvgIpc) is 2.38. The van der Waals surface area contributed by atoms with Crippen LogP contribution in [0.15, 0.2) is 24.5 Å².